The quantitative estimate of drug-likeness (QED) is 0.635. The maximum Gasteiger partial charge on any atom is 0.319 e. The molecule has 0 unspecified atom stereocenters. The van der Waals surface area contributed by atoms with Gasteiger partial charge in [-0.25, -0.2) is 4.79 Å². The lowest BCUT2D eigenvalue weighted by Crippen LogP contribution is -2.37. The summed E-state index contributed by atoms with van der Waals surface area (Å²) >= 11 is 0. The number of carbonyl (C=O) groups is 2. The summed E-state index contributed by atoms with van der Waals surface area (Å²) in [4.78, 5) is 24.5. The summed E-state index contributed by atoms with van der Waals surface area (Å²) in [6.45, 7) is 4.32. The van der Waals surface area contributed by atoms with Crippen molar-refractivity contribution in [3.05, 3.63) is 24.3 Å². The number of amides is 3. The van der Waals surface area contributed by atoms with Gasteiger partial charge in [0.1, 0.15) is 0 Å². The summed E-state index contributed by atoms with van der Waals surface area (Å²) in [6.07, 6.45) is 5.94. The van der Waals surface area contributed by atoms with Gasteiger partial charge in [0, 0.05) is 12.5 Å². The van der Waals surface area contributed by atoms with E-state index in [0.29, 0.717) is 24.3 Å². The van der Waals surface area contributed by atoms with Crippen molar-refractivity contribution in [3.8, 4) is 0 Å². The fraction of sp³-hybridized carbons (Fsp3) is 0.579. The number of carbonyl (C=O) groups excluding carboxylic acids is 2. The van der Waals surface area contributed by atoms with Crippen LogP contribution in [0.3, 0.4) is 0 Å². The SMILES string of the molecule is CC(C)NC(=O)Nc1ccccc1NC(=O)CC1(CN)CCCCC1. The number of hydrogen-bond acceptors (Lipinski definition) is 3. The van der Waals surface area contributed by atoms with E-state index in [1.165, 1.54) is 6.42 Å². The van der Waals surface area contributed by atoms with Crippen LogP contribution in [-0.4, -0.2) is 24.5 Å². The van der Waals surface area contributed by atoms with Gasteiger partial charge in [-0.3, -0.25) is 4.79 Å². The average Bonchev–Trinajstić information content (AvgIpc) is 2.56. The lowest BCUT2D eigenvalue weighted by atomic mass is 9.71. The molecule has 1 aliphatic rings. The number of nitrogens with one attached hydrogen (secondary N) is 3. The second-order valence-electron chi connectivity index (χ2n) is 7.29. The normalized spacial score (nSPS) is 16.3. The summed E-state index contributed by atoms with van der Waals surface area (Å²) in [6, 6.07) is 6.97. The topological polar surface area (TPSA) is 96.2 Å². The molecule has 0 aromatic heterocycles. The highest BCUT2D eigenvalue weighted by Crippen LogP contribution is 2.38. The number of hydrogen-bond donors (Lipinski definition) is 4. The van der Waals surface area contributed by atoms with E-state index in [0.717, 1.165) is 25.7 Å². The molecule has 25 heavy (non-hydrogen) atoms. The van der Waals surface area contributed by atoms with Crippen LogP contribution in [0.25, 0.3) is 0 Å². The molecule has 0 aliphatic heterocycles. The van der Waals surface area contributed by atoms with E-state index in [9.17, 15) is 9.59 Å². The Balaban J connectivity index is 2.01. The van der Waals surface area contributed by atoms with Crippen LogP contribution in [-0.2, 0) is 4.79 Å². The molecule has 2 rings (SSSR count). The van der Waals surface area contributed by atoms with E-state index >= 15 is 0 Å². The zero-order valence-electron chi connectivity index (χ0n) is 15.2. The monoisotopic (exact) mass is 346 g/mol. The third kappa shape index (κ3) is 5.74. The van der Waals surface area contributed by atoms with Gasteiger partial charge in [0.25, 0.3) is 0 Å². The van der Waals surface area contributed by atoms with Crippen LogP contribution in [0.2, 0.25) is 0 Å². The molecule has 5 N–H and O–H groups in total. The van der Waals surface area contributed by atoms with Crippen molar-refractivity contribution < 1.29 is 9.59 Å². The van der Waals surface area contributed by atoms with Gasteiger partial charge >= 0.3 is 6.03 Å². The Bertz CT molecular complexity index is 595. The Kier molecular flexibility index (Phi) is 6.82. The van der Waals surface area contributed by atoms with Crippen LogP contribution in [0, 0.1) is 5.41 Å². The van der Waals surface area contributed by atoms with E-state index in [1.807, 2.05) is 26.0 Å². The standard InChI is InChI=1S/C19H30N4O2/c1-14(2)21-18(25)23-16-9-5-4-8-15(16)22-17(24)12-19(13-20)10-6-3-7-11-19/h4-5,8-9,14H,3,6-7,10-13,20H2,1-2H3,(H,22,24)(H2,21,23,25). The summed E-state index contributed by atoms with van der Waals surface area (Å²) < 4.78 is 0. The fourth-order valence-electron chi connectivity index (χ4n) is 3.41. The highest BCUT2D eigenvalue weighted by Gasteiger charge is 2.33. The Labute approximate surface area is 149 Å². The van der Waals surface area contributed by atoms with Gasteiger partial charge in [0.05, 0.1) is 11.4 Å². The molecule has 6 heteroatoms. The van der Waals surface area contributed by atoms with Crippen molar-refractivity contribution in [2.24, 2.45) is 11.1 Å². The molecule has 3 amide bonds. The molecule has 0 saturated heterocycles. The maximum absolute atomic E-state index is 12.6. The van der Waals surface area contributed by atoms with Crippen LogP contribution in [0.4, 0.5) is 16.2 Å². The number of para-hydroxylation sites is 2. The number of benzene rings is 1. The molecule has 0 atom stereocenters. The van der Waals surface area contributed by atoms with Crippen molar-refractivity contribution in [3.63, 3.8) is 0 Å². The Morgan fingerprint density at radius 3 is 2.24 bits per heavy atom. The first-order chi connectivity index (χ1) is 11.9. The van der Waals surface area contributed by atoms with Crippen molar-refractivity contribution in [1.82, 2.24) is 5.32 Å². The molecule has 1 saturated carbocycles. The smallest absolute Gasteiger partial charge is 0.319 e. The number of urea groups is 1. The van der Waals surface area contributed by atoms with E-state index in [1.54, 1.807) is 12.1 Å². The maximum atomic E-state index is 12.6. The highest BCUT2D eigenvalue weighted by molar-refractivity contribution is 5.99. The number of anilines is 2. The zero-order chi connectivity index (χ0) is 18.3. The Morgan fingerprint density at radius 2 is 1.68 bits per heavy atom. The first-order valence-electron chi connectivity index (χ1n) is 9.10. The van der Waals surface area contributed by atoms with Crippen molar-refractivity contribution in [1.29, 1.82) is 0 Å². The molecule has 1 aromatic rings. The summed E-state index contributed by atoms with van der Waals surface area (Å²) in [7, 11) is 0. The lowest BCUT2D eigenvalue weighted by Gasteiger charge is -2.35. The van der Waals surface area contributed by atoms with E-state index in [2.05, 4.69) is 16.0 Å². The molecule has 1 fully saturated rings. The molecule has 0 spiro atoms. The summed E-state index contributed by atoms with van der Waals surface area (Å²) in [5.41, 5.74) is 7.08. The van der Waals surface area contributed by atoms with Crippen molar-refractivity contribution in [2.45, 2.75) is 58.4 Å². The average molecular weight is 346 g/mol. The van der Waals surface area contributed by atoms with Gasteiger partial charge in [-0.2, -0.15) is 0 Å². The predicted octanol–water partition coefficient (Wildman–Crippen LogP) is 3.45. The third-order valence-corrected chi connectivity index (χ3v) is 4.75. The van der Waals surface area contributed by atoms with Gasteiger partial charge in [0.15, 0.2) is 0 Å². The molecule has 138 valence electrons. The Morgan fingerprint density at radius 1 is 1.08 bits per heavy atom. The lowest BCUT2D eigenvalue weighted by molar-refractivity contribution is -0.118. The third-order valence-electron chi connectivity index (χ3n) is 4.75. The van der Waals surface area contributed by atoms with Gasteiger partial charge in [0.2, 0.25) is 5.91 Å². The van der Waals surface area contributed by atoms with Crippen LogP contribution in [0.15, 0.2) is 24.3 Å². The minimum atomic E-state index is -0.289. The van der Waals surface area contributed by atoms with Crippen LogP contribution in [0.1, 0.15) is 52.4 Å². The molecular weight excluding hydrogens is 316 g/mol. The van der Waals surface area contributed by atoms with Crippen LogP contribution >= 0.6 is 0 Å². The first kappa shape index (κ1) is 19.2. The van der Waals surface area contributed by atoms with Crippen molar-refractivity contribution >= 4 is 23.3 Å². The zero-order valence-corrected chi connectivity index (χ0v) is 15.2. The van der Waals surface area contributed by atoms with Gasteiger partial charge in [-0.1, -0.05) is 31.4 Å². The molecule has 1 aromatic carbocycles. The second-order valence-corrected chi connectivity index (χ2v) is 7.29. The molecule has 1 aliphatic carbocycles. The minimum absolute atomic E-state index is 0.0393. The summed E-state index contributed by atoms with van der Waals surface area (Å²) in [5.74, 6) is -0.0501. The summed E-state index contributed by atoms with van der Waals surface area (Å²) in [5, 5.41) is 8.50. The molecule has 0 heterocycles. The van der Waals surface area contributed by atoms with Crippen LogP contribution in [0.5, 0.6) is 0 Å². The second kappa shape index (κ2) is 8.85. The number of nitrogens with two attached hydrogens (primary N) is 1. The minimum Gasteiger partial charge on any atom is -0.336 e. The first-order valence-corrected chi connectivity index (χ1v) is 9.10. The van der Waals surface area contributed by atoms with Crippen LogP contribution < -0.4 is 21.7 Å². The van der Waals surface area contributed by atoms with E-state index < -0.39 is 0 Å². The number of rotatable bonds is 6. The predicted molar refractivity (Wildman–Crippen MR) is 102 cm³/mol. The van der Waals surface area contributed by atoms with E-state index in [4.69, 9.17) is 5.73 Å². The van der Waals surface area contributed by atoms with Gasteiger partial charge in [-0.15, -0.1) is 0 Å². The van der Waals surface area contributed by atoms with Crippen molar-refractivity contribution in [2.75, 3.05) is 17.2 Å². The van der Waals surface area contributed by atoms with Gasteiger partial charge < -0.3 is 21.7 Å². The fourth-order valence-corrected chi connectivity index (χ4v) is 3.41. The van der Waals surface area contributed by atoms with E-state index in [-0.39, 0.29) is 23.4 Å². The molecule has 0 radical (unpaired) electrons. The highest BCUT2D eigenvalue weighted by atomic mass is 16.2. The molecule has 6 nitrogen and oxygen atoms in total. The Hall–Kier alpha value is -2.08. The molecular formula is C19H30N4O2. The van der Waals surface area contributed by atoms with Gasteiger partial charge in [-0.05, 0) is 50.8 Å². The molecule has 0 bridgehead atoms. The largest absolute Gasteiger partial charge is 0.336 e.